The number of aryl methyl sites for hydroxylation is 1. The fourth-order valence-corrected chi connectivity index (χ4v) is 5.43. The molecule has 5 rings (SSSR count). The number of benzene rings is 4. The summed E-state index contributed by atoms with van der Waals surface area (Å²) in [4.78, 5) is 30.0. The molecule has 4 aromatic carbocycles. The molecule has 0 atom stereocenters. The van der Waals surface area contributed by atoms with Crippen molar-refractivity contribution in [3.63, 3.8) is 0 Å². The summed E-state index contributed by atoms with van der Waals surface area (Å²) in [7, 11) is 1.61. The number of hydrogen-bond donors (Lipinski definition) is 0. The second-order valence-corrected chi connectivity index (χ2v) is 11.7. The lowest BCUT2D eigenvalue weighted by molar-refractivity contribution is -0.385. The molecule has 230 valence electrons. The maximum atomic E-state index is 13.8. The molecule has 12 heteroatoms. The number of para-hydroxylation sites is 1. The van der Waals surface area contributed by atoms with Crippen LogP contribution in [0.3, 0.4) is 0 Å². The third-order valence-electron chi connectivity index (χ3n) is 7.13. The molecule has 0 spiro atoms. The smallest absolute Gasteiger partial charge is 0.313 e. The van der Waals surface area contributed by atoms with E-state index in [0.717, 1.165) is 16.9 Å². The molecular formula is C33H27Cl3N4O5. The quantitative estimate of drug-likeness (QED) is 0.0884. The van der Waals surface area contributed by atoms with Crippen molar-refractivity contribution in [3.8, 4) is 22.9 Å². The molecule has 45 heavy (non-hydrogen) atoms. The number of rotatable bonds is 9. The number of hydrogen-bond acceptors (Lipinski definition) is 7. The van der Waals surface area contributed by atoms with Crippen molar-refractivity contribution in [1.29, 1.82) is 0 Å². The molecule has 0 fully saturated rings. The highest BCUT2D eigenvalue weighted by atomic mass is 35.5. The largest absolute Gasteiger partial charge is 0.496 e. The van der Waals surface area contributed by atoms with Crippen LogP contribution in [0.5, 0.6) is 11.5 Å². The van der Waals surface area contributed by atoms with Gasteiger partial charge in [-0.1, -0.05) is 66.8 Å². The first-order chi connectivity index (χ1) is 21.5. The Morgan fingerprint density at radius 1 is 1.02 bits per heavy atom. The average molecular weight is 666 g/mol. The van der Waals surface area contributed by atoms with Crippen LogP contribution in [0.15, 0.2) is 76.6 Å². The summed E-state index contributed by atoms with van der Waals surface area (Å²) in [6.45, 7) is 5.96. The van der Waals surface area contributed by atoms with Crippen molar-refractivity contribution in [1.82, 2.24) is 9.66 Å². The number of fused-ring (bicyclic) bond motifs is 1. The Kier molecular flexibility index (Phi) is 9.43. The zero-order chi connectivity index (χ0) is 32.4. The number of ether oxygens (including phenoxy) is 2. The molecule has 0 saturated carbocycles. The highest BCUT2D eigenvalue weighted by Crippen LogP contribution is 2.37. The summed E-state index contributed by atoms with van der Waals surface area (Å²) >= 11 is 18.5. The first kappa shape index (κ1) is 32.0. The standard InChI is InChI=1S/C33H27Cl3N4O5/c1-18(2)23-15-24(19(3)11-30(23)44-4)32-38-28-8-6-5-7-22(28)33(41)39(32)37-16-21-13-27(36)31(29(14-21)40(42)43)45-17-20-9-10-25(34)26(35)12-20/h5-16,18H,17H2,1-4H3. The Morgan fingerprint density at radius 2 is 1.78 bits per heavy atom. The van der Waals surface area contributed by atoms with Gasteiger partial charge in [0.15, 0.2) is 5.82 Å². The van der Waals surface area contributed by atoms with Crippen LogP contribution in [-0.4, -0.2) is 27.9 Å². The van der Waals surface area contributed by atoms with E-state index in [-0.39, 0.29) is 34.5 Å². The second-order valence-electron chi connectivity index (χ2n) is 10.5. The van der Waals surface area contributed by atoms with E-state index < -0.39 is 10.5 Å². The predicted octanol–water partition coefficient (Wildman–Crippen LogP) is 8.83. The molecule has 0 bridgehead atoms. The minimum Gasteiger partial charge on any atom is -0.496 e. The first-order valence-electron chi connectivity index (χ1n) is 13.8. The molecule has 1 heterocycles. The highest BCUT2D eigenvalue weighted by molar-refractivity contribution is 6.42. The summed E-state index contributed by atoms with van der Waals surface area (Å²) in [5, 5.41) is 17.6. The molecule has 1 aromatic heterocycles. The van der Waals surface area contributed by atoms with Crippen molar-refractivity contribution in [2.75, 3.05) is 7.11 Å². The average Bonchev–Trinajstić information content (AvgIpc) is 3.01. The predicted molar refractivity (Wildman–Crippen MR) is 179 cm³/mol. The fourth-order valence-electron chi connectivity index (χ4n) is 4.83. The minimum atomic E-state index is -0.600. The molecule has 0 amide bonds. The summed E-state index contributed by atoms with van der Waals surface area (Å²) in [6, 6.07) is 18.5. The summed E-state index contributed by atoms with van der Waals surface area (Å²) in [5.41, 5.74) is 3.09. The van der Waals surface area contributed by atoms with E-state index in [1.807, 2.05) is 32.9 Å². The van der Waals surface area contributed by atoms with Crippen molar-refractivity contribution in [3.05, 3.63) is 125 Å². The molecule has 0 aliphatic carbocycles. The van der Waals surface area contributed by atoms with Crippen LogP contribution in [-0.2, 0) is 6.61 Å². The van der Waals surface area contributed by atoms with E-state index in [0.29, 0.717) is 37.9 Å². The Bertz CT molecular complexity index is 2040. The third-order valence-corrected chi connectivity index (χ3v) is 8.15. The van der Waals surface area contributed by atoms with Crippen molar-refractivity contribution < 1.29 is 14.4 Å². The van der Waals surface area contributed by atoms with Crippen LogP contribution in [0, 0.1) is 17.0 Å². The van der Waals surface area contributed by atoms with E-state index in [4.69, 9.17) is 49.3 Å². The van der Waals surface area contributed by atoms with Crippen LogP contribution in [0.4, 0.5) is 5.69 Å². The second kappa shape index (κ2) is 13.3. The zero-order valence-electron chi connectivity index (χ0n) is 24.7. The van der Waals surface area contributed by atoms with Gasteiger partial charge in [-0.25, -0.2) is 4.98 Å². The summed E-state index contributed by atoms with van der Waals surface area (Å²) in [5.74, 6) is 1.04. The summed E-state index contributed by atoms with van der Waals surface area (Å²) in [6.07, 6.45) is 1.32. The van der Waals surface area contributed by atoms with Crippen molar-refractivity contribution in [2.45, 2.75) is 33.3 Å². The van der Waals surface area contributed by atoms with Crippen LogP contribution in [0.1, 0.15) is 42.0 Å². The highest BCUT2D eigenvalue weighted by Gasteiger charge is 2.22. The zero-order valence-corrected chi connectivity index (χ0v) is 26.9. The number of halogens is 3. The van der Waals surface area contributed by atoms with Crippen LogP contribution in [0.25, 0.3) is 22.3 Å². The topological polar surface area (TPSA) is 109 Å². The van der Waals surface area contributed by atoms with E-state index in [9.17, 15) is 14.9 Å². The maximum absolute atomic E-state index is 13.8. The van der Waals surface area contributed by atoms with Gasteiger partial charge in [-0.3, -0.25) is 14.9 Å². The normalized spacial score (nSPS) is 11.5. The molecule has 9 nitrogen and oxygen atoms in total. The van der Waals surface area contributed by atoms with E-state index in [2.05, 4.69) is 5.10 Å². The monoisotopic (exact) mass is 664 g/mol. The number of nitro benzene ring substituents is 1. The molecule has 0 aliphatic heterocycles. The lowest BCUT2D eigenvalue weighted by Gasteiger charge is -2.17. The Hall–Kier alpha value is -4.44. The van der Waals surface area contributed by atoms with E-state index >= 15 is 0 Å². The summed E-state index contributed by atoms with van der Waals surface area (Å²) < 4.78 is 12.5. The van der Waals surface area contributed by atoms with Gasteiger partial charge in [0.1, 0.15) is 12.4 Å². The van der Waals surface area contributed by atoms with Crippen LogP contribution in [0.2, 0.25) is 15.1 Å². The lowest BCUT2D eigenvalue weighted by Crippen LogP contribution is -2.20. The fraction of sp³-hybridized carbons (Fsp3) is 0.182. The van der Waals surface area contributed by atoms with Gasteiger partial charge in [0.05, 0.1) is 44.2 Å². The molecule has 0 aliphatic rings. The SMILES string of the molecule is COc1cc(C)c(-c2nc3ccccc3c(=O)n2N=Cc2cc(Cl)c(OCc3ccc(Cl)c(Cl)c3)c([N+](=O)[O-])c2)cc1C(C)C. The Labute approximate surface area is 273 Å². The van der Waals surface area contributed by atoms with E-state index in [1.54, 1.807) is 49.6 Å². The number of nitro groups is 1. The molecule has 0 radical (unpaired) electrons. The van der Waals surface area contributed by atoms with Gasteiger partial charge in [-0.15, -0.1) is 0 Å². The van der Waals surface area contributed by atoms with Crippen LogP contribution >= 0.6 is 34.8 Å². The van der Waals surface area contributed by atoms with Gasteiger partial charge in [-0.05, 0) is 72.0 Å². The number of methoxy groups -OCH3 is 1. The lowest BCUT2D eigenvalue weighted by atomic mass is 9.96. The van der Waals surface area contributed by atoms with E-state index in [1.165, 1.54) is 23.0 Å². The van der Waals surface area contributed by atoms with Gasteiger partial charge in [0.2, 0.25) is 5.75 Å². The van der Waals surface area contributed by atoms with Gasteiger partial charge in [-0.2, -0.15) is 9.78 Å². The van der Waals surface area contributed by atoms with Gasteiger partial charge in [0, 0.05) is 17.2 Å². The van der Waals surface area contributed by atoms with Gasteiger partial charge >= 0.3 is 5.69 Å². The molecule has 0 unspecified atom stereocenters. The minimum absolute atomic E-state index is 0.0116. The third kappa shape index (κ3) is 6.66. The van der Waals surface area contributed by atoms with Crippen molar-refractivity contribution in [2.24, 2.45) is 5.10 Å². The number of nitrogens with zero attached hydrogens (tertiary/aromatic N) is 4. The Morgan fingerprint density at radius 3 is 2.47 bits per heavy atom. The Balaban J connectivity index is 1.60. The van der Waals surface area contributed by atoms with Crippen molar-refractivity contribution >= 4 is 57.6 Å². The maximum Gasteiger partial charge on any atom is 0.313 e. The number of aromatic nitrogens is 2. The molecule has 0 N–H and O–H groups in total. The molecular weight excluding hydrogens is 639 g/mol. The van der Waals surface area contributed by atoms with Crippen LogP contribution < -0.4 is 15.0 Å². The van der Waals surface area contributed by atoms with Gasteiger partial charge < -0.3 is 9.47 Å². The first-order valence-corrected chi connectivity index (χ1v) is 14.9. The van der Waals surface area contributed by atoms with Gasteiger partial charge in [0.25, 0.3) is 5.56 Å². The molecule has 0 saturated heterocycles. The molecule has 5 aromatic rings.